The molecule has 18 heavy (non-hydrogen) atoms. The minimum atomic E-state index is -0.434. The lowest BCUT2D eigenvalue weighted by Crippen LogP contribution is -2.25. The van der Waals surface area contributed by atoms with E-state index in [4.69, 9.17) is 9.84 Å². The highest BCUT2D eigenvalue weighted by molar-refractivity contribution is 6.02. The van der Waals surface area contributed by atoms with Crippen LogP contribution in [0.1, 0.15) is 0 Å². The number of aliphatic hydroxyl groups is 1. The van der Waals surface area contributed by atoms with Crippen molar-refractivity contribution in [3.8, 4) is 0 Å². The summed E-state index contributed by atoms with van der Waals surface area (Å²) in [6, 6.07) is 13.7. The standard InChI is InChI=1S/C14H13NO3/c16-9-11-8-15(14(17)18-11)13-7-3-5-10-4-1-2-6-12(10)13/h1-7,11,16H,8-9H2. The van der Waals surface area contributed by atoms with Gasteiger partial charge in [0.2, 0.25) is 0 Å². The van der Waals surface area contributed by atoms with Gasteiger partial charge in [-0.3, -0.25) is 4.90 Å². The Morgan fingerprint density at radius 3 is 2.78 bits per heavy atom. The second-order valence-corrected chi connectivity index (χ2v) is 4.30. The summed E-state index contributed by atoms with van der Waals surface area (Å²) in [6.45, 7) is 0.246. The third kappa shape index (κ3) is 1.71. The van der Waals surface area contributed by atoms with Gasteiger partial charge in [0.1, 0.15) is 6.10 Å². The number of amides is 1. The predicted molar refractivity (Wildman–Crippen MR) is 68.6 cm³/mol. The molecule has 92 valence electrons. The SMILES string of the molecule is O=C1OC(CO)CN1c1cccc2ccccc12. The minimum Gasteiger partial charge on any atom is -0.441 e. The maximum absolute atomic E-state index is 11.8. The summed E-state index contributed by atoms with van der Waals surface area (Å²) in [5.74, 6) is 0. The van der Waals surface area contributed by atoms with E-state index >= 15 is 0 Å². The van der Waals surface area contributed by atoms with Crippen molar-refractivity contribution in [2.75, 3.05) is 18.1 Å². The number of cyclic esters (lactones) is 1. The van der Waals surface area contributed by atoms with E-state index in [9.17, 15) is 4.79 Å². The van der Waals surface area contributed by atoms with Crippen molar-refractivity contribution < 1.29 is 14.6 Å². The number of anilines is 1. The molecule has 1 fully saturated rings. The molecule has 1 atom stereocenters. The van der Waals surface area contributed by atoms with Gasteiger partial charge in [0, 0.05) is 5.39 Å². The number of carbonyl (C=O) groups excluding carboxylic acids is 1. The number of hydrogen-bond donors (Lipinski definition) is 1. The lowest BCUT2D eigenvalue weighted by Gasteiger charge is -2.15. The van der Waals surface area contributed by atoms with Gasteiger partial charge < -0.3 is 9.84 Å². The van der Waals surface area contributed by atoms with Crippen molar-refractivity contribution in [2.24, 2.45) is 0 Å². The van der Waals surface area contributed by atoms with Gasteiger partial charge in [0.25, 0.3) is 0 Å². The Bertz CT molecular complexity index is 591. The zero-order valence-electron chi connectivity index (χ0n) is 9.74. The first-order valence-corrected chi connectivity index (χ1v) is 5.86. The quantitative estimate of drug-likeness (QED) is 0.879. The summed E-state index contributed by atoms with van der Waals surface area (Å²) in [7, 11) is 0. The average molecular weight is 243 g/mol. The molecule has 1 aliphatic rings. The zero-order valence-corrected chi connectivity index (χ0v) is 9.74. The molecule has 1 aliphatic heterocycles. The highest BCUT2D eigenvalue weighted by Crippen LogP contribution is 2.29. The number of hydrogen-bond acceptors (Lipinski definition) is 3. The Kier molecular flexibility index (Phi) is 2.64. The van der Waals surface area contributed by atoms with E-state index in [1.54, 1.807) is 4.90 Å². The Balaban J connectivity index is 2.07. The maximum atomic E-state index is 11.8. The molecule has 0 radical (unpaired) electrons. The first-order valence-electron chi connectivity index (χ1n) is 5.86. The fraction of sp³-hybridized carbons (Fsp3) is 0.214. The molecule has 0 aliphatic carbocycles. The van der Waals surface area contributed by atoms with Gasteiger partial charge in [-0.1, -0.05) is 36.4 Å². The number of aliphatic hydroxyl groups excluding tert-OH is 1. The molecule has 0 saturated carbocycles. The molecule has 1 amide bonds. The van der Waals surface area contributed by atoms with E-state index in [0.717, 1.165) is 16.5 Å². The molecule has 1 saturated heterocycles. The Morgan fingerprint density at radius 1 is 1.22 bits per heavy atom. The molecule has 2 aromatic rings. The summed E-state index contributed by atoms with van der Waals surface area (Å²) in [6.07, 6.45) is -0.832. The number of fused-ring (bicyclic) bond motifs is 1. The van der Waals surface area contributed by atoms with Gasteiger partial charge in [0.15, 0.2) is 0 Å². The zero-order chi connectivity index (χ0) is 12.5. The molecular formula is C14H13NO3. The number of nitrogens with zero attached hydrogens (tertiary/aromatic N) is 1. The van der Waals surface area contributed by atoms with E-state index in [2.05, 4.69) is 0 Å². The lowest BCUT2D eigenvalue weighted by atomic mass is 10.1. The van der Waals surface area contributed by atoms with Crippen molar-refractivity contribution in [1.29, 1.82) is 0 Å². The molecule has 3 rings (SSSR count). The van der Waals surface area contributed by atoms with Crippen LogP contribution in [-0.2, 0) is 4.74 Å². The normalized spacial score (nSPS) is 19.3. The summed E-state index contributed by atoms with van der Waals surface area (Å²) < 4.78 is 5.06. The first kappa shape index (κ1) is 11.0. The summed E-state index contributed by atoms with van der Waals surface area (Å²) in [5, 5.41) is 11.1. The molecule has 0 aromatic heterocycles. The number of ether oxygens (including phenoxy) is 1. The largest absolute Gasteiger partial charge is 0.441 e. The maximum Gasteiger partial charge on any atom is 0.414 e. The fourth-order valence-corrected chi connectivity index (χ4v) is 2.26. The molecule has 1 unspecified atom stereocenters. The summed E-state index contributed by atoms with van der Waals surface area (Å²) in [4.78, 5) is 13.4. The van der Waals surface area contributed by atoms with Crippen molar-refractivity contribution >= 4 is 22.6 Å². The molecular weight excluding hydrogens is 230 g/mol. The third-order valence-electron chi connectivity index (χ3n) is 3.14. The summed E-state index contributed by atoms with van der Waals surface area (Å²) >= 11 is 0. The Labute approximate surface area is 104 Å². The van der Waals surface area contributed by atoms with E-state index in [-0.39, 0.29) is 6.61 Å². The smallest absolute Gasteiger partial charge is 0.414 e. The topological polar surface area (TPSA) is 49.8 Å². The average Bonchev–Trinajstić information content (AvgIpc) is 2.79. The van der Waals surface area contributed by atoms with E-state index in [1.807, 2.05) is 42.5 Å². The second-order valence-electron chi connectivity index (χ2n) is 4.30. The number of rotatable bonds is 2. The van der Waals surface area contributed by atoms with Gasteiger partial charge in [-0.25, -0.2) is 4.79 Å². The number of benzene rings is 2. The highest BCUT2D eigenvalue weighted by atomic mass is 16.6. The van der Waals surface area contributed by atoms with Crippen molar-refractivity contribution in [2.45, 2.75) is 6.10 Å². The van der Waals surface area contributed by atoms with Gasteiger partial charge in [-0.05, 0) is 11.5 Å². The van der Waals surface area contributed by atoms with Crippen LogP contribution in [0.4, 0.5) is 10.5 Å². The van der Waals surface area contributed by atoms with E-state index < -0.39 is 12.2 Å². The van der Waals surface area contributed by atoms with Gasteiger partial charge in [-0.15, -0.1) is 0 Å². The van der Waals surface area contributed by atoms with Crippen LogP contribution in [0.3, 0.4) is 0 Å². The van der Waals surface area contributed by atoms with Gasteiger partial charge in [0.05, 0.1) is 18.8 Å². The molecule has 4 nitrogen and oxygen atoms in total. The summed E-state index contributed by atoms with van der Waals surface area (Å²) in [5.41, 5.74) is 0.828. The highest BCUT2D eigenvalue weighted by Gasteiger charge is 2.32. The van der Waals surface area contributed by atoms with Crippen LogP contribution < -0.4 is 4.90 Å². The Morgan fingerprint density at radius 2 is 2.00 bits per heavy atom. The van der Waals surface area contributed by atoms with Gasteiger partial charge in [-0.2, -0.15) is 0 Å². The molecule has 2 aromatic carbocycles. The van der Waals surface area contributed by atoms with Crippen molar-refractivity contribution in [1.82, 2.24) is 0 Å². The van der Waals surface area contributed by atoms with Crippen LogP contribution in [-0.4, -0.2) is 30.5 Å². The first-order chi connectivity index (χ1) is 8.79. The molecule has 1 N–H and O–H groups in total. The number of carbonyl (C=O) groups is 1. The van der Waals surface area contributed by atoms with E-state index in [0.29, 0.717) is 6.54 Å². The second kappa shape index (κ2) is 4.31. The van der Waals surface area contributed by atoms with E-state index in [1.165, 1.54) is 0 Å². The van der Waals surface area contributed by atoms with Crippen LogP contribution >= 0.6 is 0 Å². The van der Waals surface area contributed by atoms with Crippen LogP contribution in [0, 0.1) is 0 Å². The lowest BCUT2D eigenvalue weighted by molar-refractivity contribution is 0.0963. The molecule has 1 heterocycles. The van der Waals surface area contributed by atoms with Crippen LogP contribution in [0.25, 0.3) is 10.8 Å². The molecule has 0 bridgehead atoms. The van der Waals surface area contributed by atoms with Crippen LogP contribution in [0.15, 0.2) is 42.5 Å². The van der Waals surface area contributed by atoms with Crippen molar-refractivity contribution in [3.63, 3.8) is 0 Å². The molecule has 0 spiro atoms. The monoisotopic (exact) mass is 243 g/mol. The molecule has 4 heteroatoms. The van der Waals surface area contributed by atoms with Crippen LogP contribution in [0.5, 0.6) is 0 Å². The predicted octanol–water partition coefficient (Wildman–Crippen LogP) is 2.16. The van der Waals surface area contributed by atoms with Crippen LogP contribution in [0.2, 0.25) is 0 Å². The third-order valence-corrected chi connectivity index (χ3v) is 3.14. The Hall–Kier alpha value is -2.07. The fourth-order valence-electron chi connectivity index (χ4n) is 2.26. The van der Waals surface area contributed by atoms with Crippen molar-refractivity contribution in [3.05, 3.63) is 42.5 Å². The minimum absolute atomic E-state index is 0.146. The van der Waals surface area contributed by atoms with Gasteiger partial charge >= 0.3 is 6.09 Å².